The molecule has 0 aromatic heterocycles. The van der Waals surface area contributed by atoms with Crippen molar-refractivity contribution in [2.75, 3.05) is 0 Å². The molecule has 0 spiro atoms. The molecular formula is C21H34O2. The number of allylic oxidation sites excluding steroid dienone is 1. The Balaban J connectivity index is 1.63. The summed E-state index contributed by atoms with van der Waals surface area (Å²) in [6.45, 7) is 6.80. The van der Waals surface area contributed by atoms with Crippen LogP contribution in [0.15, 0.2) is 11.1 Å². The minimum atomic E-state index is -0.258. The average Bonchev–Trinajstić information content (AvgIpc) is 2.89. The zero-order chi connectivity index (χ0) is 16.4. The van der Waals surface area contributed by atoms with Crippen molar-refractivity contribution in [1.29, 1.82) is 0 Å². The van der Waals surface area contributed by atoms with Gasteiger partial charge in [-0.2, -0.15) is 0 Å². The van der Waals surface area contributed by atoms with Crippen LogP contribution >= 0.6 is 0 Å². The monoisotopic (exact) mass is 318 g/mol. The van der Waals surface area contributed by atoms with E-state index in [4.69, 9.17) is 0 Å². The van der Waals surface area contributed by atoms with Crippen LogP contribution in [0, 0.1) is 35.0 Å². The van der Waals surface area contributed by atoms with Crippen LogP contribution in [0.25, 0.3) is 0 Å². The number of rotatable bonds is 1. The zero-order valence-corrected chi connectivity index (χ0v) is 15.1. The second-order valence-electron chi connectivity index (χ2n) is 9.41. The molecule has 3 fully saturated rings. The van der Waals surface area contributed by atoms with E-state index in [0.717, 1.165) is 48.9 Å². The highest BCUT2D eigenvalue weighted by atomic mass is 16.3. The van der Waals surface area contributed by atoms with E-state index in [9.17, 15) is 10.2 Å². The predicted octanol–water partition coefficient (Wildman–Crippen LogP) is 4.31. The fourth-order valence-corrected chi connectivity index (χ4v) is 7.33. The van der Waals surface area contributed by atoms with Gasteiger partial charge in [-0.3, -0.25) is 0 Å². The van der Waals surface area contributed by atoms with Crippen LogP contribution < -0.4 is 0 Å². The molecule has 8 atom stereocenters. The molecule has 0 radical (unpaired) electrons. The van der Waals surface area contributed by atoms with E-state index in [1.54, 1.807) is 0 Å². The number of aliphatic hydroxyl groups excluding tert-OH is 2. The lowest BCUT2D eigenvalue weighted by atomic mass is 9.52. The lowest BCUT2D eigenvalue weighted by Crippen LogP contribution is -2.47. The first-order valence-corrected chi connectivity index (χ1v) is 9.97. The first kappa shape index (κ1) is 16.1. The van der Waals surface area contributed by atoms with Gasteiger partial charge in [0.05, 0.1) is 12.2 Å². The van der Waals surface area contributed by atoms with Gasteiger partial charge in [-0.25, -0.2) is 0 Å². The van der Waals surface area contributed by atoms with E-state index in [0.29, 0.717) is 5.41 Å². The number of fused-ring (bicyclic) bond motifs is 5. The molecule has 0 heterocycles. The van der Waals surface area contributed by atoms with E-state index in [1.807, 2.05) is 6.92 Å². The summed E-state index contributed by atoms with van der Waals surface area (Å²) in [5.41, 5.74) is 3.33. The third-order valence-corrected chi connectivity index (χ3v) is 8.61. The molecule has 1 unspecified atom stereocenters. The first-order chi connectivity index (χ1) is 10.9. The van der Waals surface area contributed by atoms with Gasteiger partial charge >= 0.3 is 0 Å². The molecule has 4 rings (SSSR count). The van der Waals surface area contributed by atoms with Gasteiger partial charge in [-0.15, -0.1) is 0 Å². The van der Waals surface area contributed by atoms with Crippen molar-refractivity contribution >= 4 is 0 Å². The van der Waals surface area contributed by atoms with Gasteiger partial charge in [0.15, 0.2) is 0 Å². The average molecular weight is 319 g/mol. The van der Waals surface area contributed by atoms with Crippen molar-refractivity contribution in [3.05, 3.63) is 11.1 Å². The lowest BCUT2D eigenvalue weighted by molar-refractivity contribution is -0.0671. The summed E-state index contributed by atoms with van der Waals surface area (Å²) >= 11 is 0. The molecule has 0 aromatic rings. The molecule has 0 saturated heterocycles. The van der Waals surface area contributed by atoms with Crippen LogP contribution in [0.1, 0.15) is 72.1 Å². The molecule has 0 aliphatic heterocycles. The van der Waals surface area contributed by atoms with Crippen LogP contribution in [0.3, 0.4) is 0 Å². The van der Waals surface area contributed by atoms with Crippen LogP contribution in [-0.4, -0.2) is 22.4 Å². The summed E-state index contributed by atoms with van der Waals surface area (Å²) in [5.74, 6) is 4.10. The van der Waals surface area contributed by atoms with Crippen LogP contribution in [0.4, 0.5) is 0 Å². The highest BCUT2D eigenvalue weighted by Gasteiger charge is 2.57. The second kappa shape index (κ2) is 5.59. The van der Waals surface area contributed by atoms with E-state index in [-0.39, 0.29) is 12.2 Å². The van der Waals surface area contributed by atoms with Crippen molar-refractivity contribution in [1.82, 2.24) is 0 Å². The SMILES string of the molecule is CC1=C(C(C)O)CC[C@H]2[C@@H]3CC[C@H]4C[C@@H](O)CC[C@]4(C)[C@H]3C[C@H]12. The minimum Gasteiger partial charge on any atom is -0.393 e. The van der Waals surface area contributed by atoms with Crippen molar-refractivity contribution in [2.24, 2.45) is 35.0 Å². The van der Waals surface area contributed by atoms with Gasteiger partial charge in [0.2, 0.25) is 0 Å². The smallest absolute Gasteiger partial charge is 0.0724 e. The molecule has 130 valence electrons. The van der Waals surface area contributed by atoms with Crippen LogP contribution in [-0.2, 0) is 0 Å². The molecule has 4 aliphatic rings. The summed E-state index contributed by atoms with van der Waals surface area (Å²) < 4.78 is 0. The van der Waals surface area contributed by atoms with Crippen molar-refractivity contribution in [3.63, 3.8) is 0 Å². The molecule has 0 aromatic carbocycles. The van der Waals surface area contributed by atoms with Crippen molar-refractivity contribution < 1.29 is 10.2 Å². The Bertz CT molecular complexity index is 508. The molecule has 4 aliphatic carbocycles. The number of aliphatic hydroxyl groups is 2. The maximum atomic E-state index is 10.1. The third-order valence-electron chi connectivity index (χ3n) is 8.61. The molecule has 23 heavy (non-hydrogen) atoms. The van der Waals surface area contributed by atoms with Crippen molar-refractivity contribution in [2.45, 2.75) is 84.3 Å². The van der Waals surface area contributed by atoms with Crippen molar-refractivity contribution in [3.8, 4) is 0 Å². The van der Waals surface area contributed by atoms with E-state index >= 15 is 0 Å². The summed E-state index contributed by atoms with van der Waals surface area (Å²) in [7, 11) is 0. The topological polar surface area (TPSA) is 40.5 Å². The van der Waals surface area contributed by atoms with E-state index < -0.39 is 0 Å². The van der Waals surface area contributed by atoms with Gasteiger partial charge in [-0.1, -0.05) is 12.5 Å². The fourth-order valence-electron chi connectivity index (χ4n) is 7.33. The molecule has 2 nitrogen and oxygen atoms in total. The molecular weight excluding hydrogens is 284 g/mol. The van der Waals surface area contributed by atoms with Gasteiger partial charge < -0.3 is 10.2 Å². The Kier molecular flexibility index (Phi) is 3.93. The van der Waals surface area contributed by atoms with Gasteiger partial charge in [0.25, 0.3) is 0 Å². The predicted molar refractivity (Wildman–Crippen MR) is 92.9 cm³/mol. The van der Waals surface area contributed by atoms with Gasteiger partial charge in [-0.05, 0) is 106 Å². The molecule has 2 N–H and O–H groups in total. The molecule has 0 bridgehead atoms. The molecule has 3 saturated carbocycles. The summed E-state index contributed by atoms with van der Waals surface area (Å²) in [6.07, 6.45) is 9.47. The quantitative estimate of drug-likeness (QED) is 0.707. The van der Waals surface area contributed by atoms with E-state index in [1.165, 1.54) is 43.3 Å². The maximum Gasteiger partial charge on any atom is 0.0724 e. The Morgan fingerprint density at radius 3 is 2.61 bits per heavy atom. The normalized spacial score (nSPS) is 51.0. The Hall–Kier alpha value is -0.340. The summed E-state index contributed by atoms with van der Waals surface area (Å²) in [6, 6.07) is 0. The largest absolute Gasteiger partial charge is 0.393 e. The summed E-state index contributed by atoms with van der Waals surface area (Å²) in [4.78, 5) is 0. The number of hydrogen-bond acceptors (Lipinski definition) is 2. The van der Waals surface area contributed by atoms with Crippen LogP contribution in [0.5, 0.6) is 0 Å². The standard InChI is InChI=1S/C21H34O2/c1-12-16(13(2)22)6-7-17-18-5-4-14-10-15(23)8-9-21(14,3)20(18)11-19(12)17/h13-15,17-20,22-23H,4-11H2,1-3H3/t13?,14-,15-,17-,18-,19+,20-,21-/m0/s1. The first-order valence-electron chi connectivity index (χ1n) is 9.97. The Morgan fingerprint density at radius 1 is 1.09 bits per heavy atom. The fraction of sp³-hybridized carbons (Fsp3) is 0.905. The Labute approximate surface area is 141 Å². The minimum absolute atomic E-state index is 0.0446. The van der Waals surface area contributed by atoms with E-state index in [2.05, 4.69) is 13.8 Å². The maximum absolute atomic E-state index is 10.1. The van der Waals surface area contributed by atoms with Gasteiger partial charge in [0.1, 0.15) is 0 Å². The molecule has 0 amide bonds. The van der Waals surface area contributed by atoms with Crippen LogP contribution in [0.2, 0.25) is 0 Å². The summed E-state index contributed by atoms with van der Waals surface area (Å²) in [5, 5.41) is 20.2. The highest BCUT2D eigenvalue weighted by Crippen LogP contribution is 2.65. The zero-order valence-electron chi connectivity index (χ0n) is 15.1. The van der Waals surface area contributed by atoms with Gasteiger partial charge in [0, 0.05) is 0 Å². The second-order valence-corrected chi connectivity index (χ2v) is 9.41. The number of hydrogen-bond donors (Lipinski definition) is 2. The Morgan fingerprint density at radius 2 is 1.87 bits per heavy atom. The third kappa shape index (κ3) is 2.35. The molecule has 2 heteroatoms. The highest BCUT2D eigenvalue weighted by molar-refractivity contribution is 5.25. The lowest BCUT2D eigenvalue weighted by Gasteiger charge is -2.53.